The molecular formula is C26H20BrN3O2. The number of hydrogen-bond acceptors (Lipinski definition) is 3. The lowest BCUT2D eigenvalue weighted by atomic mass is 9.82. The summed E-state index contributed by atoms with van der Waals surface area (Å²) in [6.45, 7) is 0.452. The summed E-state index contributed by atoms with van der Waals surface area (Å²) < 4.78 is 0.873. The number of nitrogens with one attached hydrogen (secondary N) is 1. The van der Waals surface area contributed by atoms with E-state index in [4.69, 9.17) is 0 Å². The SMILES string of the molecule is O=C1C(c2cccc(Br)c2)N2C(=O)C=CC23c2ccccc2NC3N1Cc1ccccc1. The molecule has 1 N–H and O–H groups in total. The molecule has 158 valence electrons. The molecule has 3 atom stereocenters. The van der Waals surface area contributed by atoms with Gasteiger partial charge in [-0.1, -0.05) is 76.6 Å². The third-order valence-corrected chi connectivity index (χ3v) is 7.12. The Morgan fingerprint density at radius 3 is 2.53 bits per heavy atom. The van der Waals surface area contributed by atoms with Crippen LogP contribution in [0.2, 0.25) is 0 Å². The van der Waals surface area contributed by atoms with Crippen molar-refractivity contribution in [2.45, 2.75) is 24.3 Å². The zero-order chi connectivity index (χ0) is 21.9. The second kappa shape index (κ2) is 7.07. The monoisotopic (exact) mass is 485 g/mol. The van der Waals surface area contributed by atoms with E-state index in [1.807, 2.05) is 89.8 Å². The van der Waals surface area contributed by atoms with Crippen LogP contribution in [0.1, 0.15) is 22.7 Å². The van der Waals surface area contributed by atoms with E-state index in [0.29, 0.717) is 6.54 Å². The van der Waals surface area contributed by atoms with E-state index in [-0.39, 0.29) is 11.8 Å². The summed E-state index contributed by atoms with van der Waals surface area (Å²) in [6.07, 6.45) is 3.19. The molecule has 3 aromatic carbocycles. The van der Waals surface area contributed by atoms with E-state index in [2.05, 4.69) is 21.2 Å². The van der Waals surface area contributed by atoms with Crippen molar-refractivity contribution in [1.82, 2.24) is 9.80 Å². The molecule has 6 heteroatoms. The minimum absolute atomic E-state index is 0.0927. The maximum absolute atomic E-state index is 14.1. The first-order valence-corrected chi connectivity index (χ1v) is 11.4. The standard InChI is InChI=1S/C26H20BrN3O2/c27-19-10-6-9-18(15-19)23-24(32)29(16-17-7-2-1-3-8-17)25-26(14-13-22(31)30(23)26)20-11-4-5-12-21(20)28-25/h1-15,23,25,28H,16H2. The van der Waals surface area contributed by atoms with Gasteiger partial charge in [0.1, 0.15) is 17.7 Å². The fourth-order valence-electron chi connectivity index (χ4n) is 5.32. The summed E-state index contributed by atoms with van der Waals surface area (Å²) in [7, 11) is 0. The first kappa shape index (κ1) is 19.3. The van der Waals surface area contributed by atoms with Gasteiger partial charge in [0.15, 0.2) is 0 Å². The van der Waals surface area contributed by atoms with Crippen LogP contribution in [-0.4, -0.2) is 27.8 Å². The van der Waals surface area contributed by atoms with Crippen molar-refractivity contribution < 1.29 is 9.59 Å². The van der Waals surface area contributed by atoms with Crippen LogP contribution in [-0.2, 0) is 21.7 Å². The van der Waals surface area contributed by atoms with Crippen molar-refractivity contribution in [2.75, 3.05) is 5.32 Å². The number of hydrogen-bond donors (Lipinski definition) is 1. The van der Waals surface area contributed by atoms with E-state index in [1.54, 1.807) is 11.0 Å². The lowest BCUT2D eigenvalue weighted by Gasteiger charge is -2.52. The van der Waals surface area contributed by atoms with Crippen LogP contribution >= 0.6 is 15.9 Å². The first-order chi connectivity index (χ1) is 15.6. The van der Waals surface area contributed by atoms with Crippen LogP contribution < -0.4 is 5.32 Å². The molecule has 3 aliphatic rings. The van der Waals surface area contributed by atoms with Gasteiger partial charge in [0, 0.05) is 28.3 Å². The number of carbonyl (C=O) groups is 2. The van der Waals surface area contributed by atoms with E-state index in [0.717, 1.165) is 26.9 Å². The highest BCUT2D eigenvalue weighted by Crippen LogP contribution is 2.55. The summed E-state index contributed by atoms with van der Waals surface area (Å²) in [5.74, 6) is -0.240. The van der Waals surface area contributed by atoms with Gasteiger partial charge in [-0.05, 0) is 35.4 Å². The van der Waals surface area contributed by atoms with Gasteiger partial charge < -0.3 is 15.1 Å². The summed E-state index contributed by atoms with van der Waals surface area (Å²) in [5.41, 5.74) is 3.04. The van der Waals surface area contributed by atoms with Gasteiger partial charge in [-0.2, -0.15) is 0 Å². The summed E-state index contributed by atoms with van der Waals surface area (Å²) in [5, 5.41) is 3.55. The topological polar surface area (TPSA) is 52.7 Å². The highest BCUT2D eigenvalue weighted by atomic mass is 79.9. The molecule has 1 spiro atoms. The van der Waals surface area contributed by atoms with E-state index >= 15 is 0 Å². The predicted molar refractivity (Wildman–Crippen MR) is 125 cm³/mol. The van der Waals surface area contributed by atoms with Crippen molar-refractivity contribution in [3.63, 3.8) is 0 Å². The highest BCUT2D eigenvalue weighted by molar-refractivity contribution is 9.10. The van der Waals surface area contributed by atoms with E-state index in [1.165, 1.54) is 0 Å². The molecule has 0 aromatic heterocycles. The maximum atomic E-state index is 14.1. The molecule has 1 fully saturated rings. The van der Waals surface area contributed by atoms with Crippen molar-refractivity contribution in [3.8, 4) is 0 Å². The number of fused-ring (bicyclic) bond motifs is 1. The van der Waals surface area contributed by atoms with Crippen LogP contribution in [0.25, 0.3) is 0 Å². The Morgan fingerprint density at radius 1 is 0.938 bits per heavy atom. The molecule has 3 unspecified atom stereocenters. The second-order valence-corrected chi connectivity index (χ2v) is 9.28. The molecule has 0 saturated carbocycles. The van der Waals surface area contributed by atoms with Gasteiger partial charge in [-0.25, -0.2) is 0 Å². The minimum Gasteiger partial charge on any atom is -0.362 e. The third kappa shape index (κ3) is 2.62. The maximum Gasteiger partial charge on any atom is 0.252 e. The average Bonchev–Trinajstić information content (AvgIpc) is 3.32. The molecule has 0 bridgehead atoms. The summed E-state index contributed by atoms with van der Waals surface area (Å²) in [6, 6.07) is 25.0. The largest absolute Gasteiger partial charge is 0.362 e. The number of anilines is 1. The molecule has 3 heterocycles. The zero-order valence-corrected chi connectivity index (χ0v) is 18.7. The van der Waals surface area contributed by atoms with Crippen molar-refractivity contribution in [1.29, 1.82) is 0 Å². The fraction of sp³-hybridized carbons (Fsp3) is 0.154. The number of carbonyl (C=O) groups excluding carboxylic acids is 2. The van der Waals surface area contributed by atoms with Crippen LogP contribution in [0.4, 0.5) is 5.69 Å². The Labute approximate surface area is 194 Å². The van der Waals surface area contributed by atoms with Crippen molar-refractivity contribution in [2.24, 2.45) is 0 Å². The van der Waals surface area contributed by atoms with Crippen LogP contribution in [0.3, 0.4) is 0 Å². The molecule has 6 rings (SSSR count). The van der Waals surface area contributed by atoms with Gasteiger partial charge in [-0.3, -0.25) is 9.59 Å². The van der Waals surface area contributed by atoms with Crippen molar-refractivity contribution >= 4 is 33.4 Å². The number of amides is 2. The fourth-order valence-corrected chi connectivity index (χ4v) is 5.73. The smallest absolute Gasteiger partial charge is 0.252 e. The number of halogens is 1. The molecule has 0 aliphatic carbocycles. The van der Waals surface area contributed by atoms with Gasteiger partial charge in [0.05, 0.1) is 0 Å². The molecule has 2 amide bonds. The predicted octanol–water partition coefficient (Wildman–Crippen LogP) is 4.58. The average molecular weight is 486 g/mol. The van der Waals surface area contributed by atoms with Crippen LogP contribution in [0.15, 0.2) is 95.5 Å². The number of benzene rings is 3. The Hall–Kier alpha value is -3.38. The van der Waals surface area contributed by atoms with Crippen molar-refractivity contribution in [3.05, 3.63) is 112 Å². The summed E-state index contributed by atoms with van der Waals surface area (Å²) >= 11 is 3.53. The zero-order valence-electron chi connectivity index (χ0n) is 17.1. The Kier molecular flexibility index (Phi) is 4.27. The van der Waals surface area contributed by atoms with Crippen LogP contribution in [0.5, 0.6) is 0 Å². The molecule has 3 aromatic rings. The number of nitrogens with zero attached hydrogens (tertiary/aromatic N) is 2. The van der Waals surface area contributed by atoms with E-state index in [9.17, 15) is 9.59 Å². The Morgan fingerprint density at radius 2 is 1.72 bits per heavy atom. The highest BCUT2D eigenvalue weighted by Gasteiger charge is 2.63. The van der Waals surface area contributed by atoms with Gasteiger partial charge in [0.25, 0.3) is 5.91 Å². The lowest BCUT2D eigenvalue weighted by Crippen LogP contribution is -2.67. The molecule has 1 saturated heterocycles. The molecule has 3 aliphatic heterocycles. The lowest BCUT2D eigenvalue weighted by molar-refractivity contribution is -0.163. The Balaban J connectivity index is 1.56. The second-order valence-electron chi connectivity index (χ2n) is 8.37. The minimum atomic E-state index is -0.761. The van der Waals surface area contributed by atoms with Crippen LogP contribution in [0, 0.1) is 0 Å². The Bertz CT molecular complexity index is 1270. The number of piperazine rings is 1. The molecule has 32 heavy (non-hydrogen) atoms. The molecule has 5 nitrogen and oxygen atoms in total. The third-order valence-electron chi connectivity index (χ3n) is 6.63. The van der Waals surface area contributed by atoms with Gasteiger partial charge >= 0.3 is 0 Å². The molecule has 0 radical (unpaired) electrons. The quantitative estimate of drug-likeness (QED) is 0.590. The first-order valence-electron chi connectivity index (χ1n) is 10.6. The number of para-hydroxylation sites is 1. The van der Waals surface area contributed by atoms with Gasteiger partial charge in [0.2, 0.25) is 5.91 Å². The molecular weight excluding hydrogens is 466 g/mol. The normalized spacial score (nSPS) is 25.4. The van der Waals surface area contributed by atoms with E-state index < -0.39 is 17.7 Å². The summed E-state index contributed by atoms with van der Waals surface area (Å²) in [4.78, 5) is 31.0. The number of rotatable bonds is 3. The van der Waals surface area contributed by atoms with Gasteiger partial charge in [-0.15, -0.1) is 0 Å².